The minimum absolute atomic E-state index is 0.245. The summed E-state index contributed by atoms with van der Waals surface area (Å²) in [6, 6.07) is 17.7. The smallest absolute Gasteiger partial charge is 0.115 e. The van der Waals surface area contributed by atoms with Crippen LogP contribution >= 0.6 is 0 Å². The van der Waals surface area contributed by atoms with Gasteiger partial charge in [0.1, 0.15) is 5.75 Å². The lowest BCUT2D eigenvalue weighted by Crippen LogP contribution is -2.09. The molecule has 0 saturated carbocycles. The monoisotopic (exact) mass is 238 g/mol. The fourth-order valence-corrected chi connectivity index (χ4v) is 2.15. The second-order valence-corrected chi connectivity index (χ2v) is 4.40. The maximum absolute atomic E-state index is 9.27. The highest BCUT2D eigenvalue weighted by Gasteiger charge is 2.20. The van der Waals surface area contributed by atoms with E-state index in [-0.39, 0.29) is 11.8 Å². The Hall–Kier alpha value is -2.29. The number of nitrogens with one attached hydrogen (secondary N) is 1. The first-order valence-corrected chi connectivity index (χ1v) is 5.99. The van der Waals surface area contributed by atoms with Gasteiger partial charge in [-0.2, -0.15) is 5.10 Å². The Morgan fingerprint density at radius 3 is 2.44 bits per heavy atom. The van der Waals surface area contributed by atoms with Gasteiger partial charge in [-0.3, -0.25) is 0 Å². The zero-order chi connectivity index (χ0) is 12.4. The van der Waals surface area contributed by atoms with E-state index in [9.17, 15) is 5.11 Å². The van der Waals surface area contributed by atoms with Crippen molar-refractivity contribution >= 4 is 5.71 Å². The van der Waals surface area contributed by atoms with Gasteiger partial charge in [-0.05, 0) is 35.4 Å². The van der Waals surface area contributed by atoms with Gasteiger partial charge in [-0.1, -0.05) is 30.3 Å². The molecule has 1 unspecified atom stereocenters. The van der Waals surface area contributed by atoms with E-state index in [0.29, 0.717) is 0 Å². The summed E-state index contributed by atoms with van der Waals surface area (Å²) in [6.07, 6.45) is 0.870. The predicted molar refractivity (Wildman–Crippen MR) is 71.6 cm³/mol. The van der Waals surface area contributed by atoms with Crippen molar-refractivity contribution in [2.45, 2.75) is 12.5 Å². The van der Waals surface area contributed by atoms with Crippen molar-refractivity contribution in [3.05, 3.63) is 65.7 Å². The van der Waals surface area contributed by atoms with Gasteiger partial charge in [-0.25, -0.2) is 0 Å². The predicted octanol–water partition coefficient (Wildman–Crippen LogP) is 2.83. The van der Waals surface area contributed by atoms with Crippen LogP contribution in [0.4, 0.5) is 0 Å². The van der Waals surface area contributed by atoms with Gasteiger partial charge < -0.3 is 10.5 Å². The molecule has 1 aliphatic rings. The summed E-state index contributed by atoms with van der Waals surface area (Å²) in [7, 11) is 0. The van der Waals surface area contributed by atoms with E-state index in [1.165, 1.54) is 5.56 Å². The van der Waals surface area contributed by atoms with E-state index in [0.717, 1.165) is 17.7 Å². The van der Waals surface area contributed by atoms with E-state index < -0.39 is 0 Å². The van der Waals surface area contributed by atoms with E-state index in [1.807, 2.05) is 30.3 Å². The Balaban J connectivity index is 1.77. The van der Waals surface area contributed by atoms with Crippen molar-refractivity contribution in [3.63, 3.8) is 0 Å². The highest BCUT2D eigenvalue weighted by atomic mass is 16.3. The highest BCUT2D eigenvalue weighted by molar-refractivity contribution is 6.01. The van der Waals surface area contributed by atoms with Crippen molar-refractivity contribution in [1.29, 1.82) is 0 Å². The van der Waals surface area contributed by atoms with Gasteiger partial charge >= 0.3 is 0 Å². The molecule has 0 spiro atoms. The first kappa shape index (κ1) is 10.8. The molecule has 0 bridgehead atoms. The molecule has 0 aliphatic carbocycles. The zero-order valence-corrected chi connectivity index (χ0v) is 9.88. The average Bonchev–Trinajstić information content (AvgIpc) is 2.90. The Morgan fingerprint density at radius 2 is 1.72 bits per heavy atom. The molecule has 1 atom stereocenters. The molecule has 1 aliphatic heterocycles. The van der Waals surface area contributed by atoms with Crippen LogP contribution in [0.3, 0.4) is 0 Å². The maximum Gasteiger partial charge on any atom is 0.115 e. The largest absolute Gasteiger partial charge is 0.508 e. The maximum atomic E-state index is 9.27. The standard InChI is InChI=1S/C15H14N2O/c18-13-8-6-12(7-9-13)15-10-14(16-17-15)11-4-2-1-3-5-11/h1-9,14,16,18H,10H2. The summed E-state index contributed by atoms with van der Waals surface area (Å²) in [5.41, 5.74) is 6.49. The zero-order valence-electron chi connectivity index (χ0n) is 9.88. The molecule has 0 saturated heterocycles. The third-order valence-corrected chi connectivity index (χ3v) is 3.16. The quantitative estimate of drug-likeness (QED) is 0.845. The Labute approximate surface area is 106 Å². The molecule has 0 aromatic heterocycles. The number of aromatic hydroxyl groups is 1. The molecule has 3 nitrogen and oxygen atoms in total. The molecular weight excluding hydrogens is 224 g/mol. The number of hydrogen-bond donors (Lipinski definition) is 2. The van der Waals surface area contributed by atoms with Crippen LogP contribution in [0.1, 0.15) is 23.6 Å². The molecule has 90 valence electrons. The molecule has 0 radical (unpaired) electrons. The van der Waals surface area contributed by atoms with Gasteiger partial charge in [0.25, 0.3) is 0 Å². The minimum atomic E-state index is 0.245. The summed E-state index contributed by atoms with van der Waals surface area (Å²) in [4.78, 5) is 0. The van der Waals surface area contributed by atoms with Crippen molar-refractivity contribution in [3.8, 4) is 5.75 Å². The lowest BCUT2D eigenvalue weighted by molar-refractivity contribution is 0.475. The first-order valence-electron chi connectivity index (χ1n) is 5.99. The van der Waals surface area contributed by atoms with Crippen LogP contribution in [0.2, 0.25) is 0 Å². The number of hydrazone groups is 1. The van der Waals surface area contributed by atoms with E-state index >= 15 is 0 Å². The second-order valence-electron chi connectivity index (χ2n) is 4.40. The Kier molecular flexibility index (Phi) is 2.73. The van der Waals surface area contributed by atoms with Crippen molar-refractivity contribution in [2.24, 2.45) is 5.10 Å². The van der Waals surface area contributed by atoms with Gasteiger partial charge in [0, 0.05) is 6.42 Å². The lowest BCUT2D eigenvalue weighted by Gasteiger charge is -2.09. The summed E-state index contributed by atoms with van der Waals surface area (Å²) in [5.74, 6) is 0.282. The molecule has 2 aromatic rings. The third-order valence-electron chi connectivity index (χ3n) is 3.16. The van der Waals surface area contributed by atoms with E-state index in [4.69, 9.17) is 0 Å². The van der Waals surface area contributed by atoms with Crippen molar-refractivity contribution in [1.82, 2.24) is 5.43 Å². The number of nitrogens with zero attached hydrogens (tertiary/aromatic N) is 1. The van der Waals surface area contributed by atoms with Crippen LogP contribution in [-0.2, 0) is 0 Å². The normalized spacial score (nSPS) is 18.2. The molecule has 1 heterocycles. The van der Waals surface area contributed by atoms with Crippen LogP contribution < -0.4 is 5.43 Å². The molecule has 0 amide bonds. The number of hydrogen-bond acceptors (Lipinski definition) is 3. The minimum Gasteiger partial charge on any atom is -0.508 e. The SMILES string of the molecule is Oc1ccc(C2=NNC(c3ccccc3)C2)cc1. The average molecular weight is 238 g/mol. The summed E-state index contributed by atoms with van der Waals surface area (Å²) in [5, 5.41) is 13.7. The molecule has 3 heteroatoms. The number of benzene rings is 2. The van der Waals surface area contributed by atoms with Gasteiger partial charge in [-0.15, -0.1) is 0 Å². The molecular formula is C15H14N2O. The summed E-state index contributed by atoms with van der Waals surface area (Å²) >= 11 is 0. The van der Waals surface area contributed by atoms with Crippen molar-refractivity contribution < 1.29 is 5.11 Å². The Bertz CT molecular complexity index is 561. The van der Waals surface area contributed by atoms with Gasteiger partial charge in [0.15, 0.2) is 0 Å². The molecule has 18 heavy (non-hydrogen) atoms. The molecule has 0 fully saturated rings. The summed E-state index contributed by atoms with van der Waals surface area (Å²) in [6.45, 7) is 0. The molecule has 2 N–H and O–H groups in total. The number of rotatable bonds is 2. The van der Waals surface area contributed by atoms with E-state index in [2.05, 4.69) is 22.7 Å². The Morgan fingerprint density at radius 1 is 1.00 bits per heavy atom. The van der Waals surface area contributed by atoms with Crippen LogP contribution in [0.25, 0.3) is 0 Å². The third kappa shape index (κ3) is 2.07. The molecule has 3 rings (SSSR count). The lowest BCUT2D eigenvalue weighted by atomic mass is 9.99. The second kappa shape index (κ2) is 4.53. The van der Waals surface area contributed by atoms with Gasteiger partial charge in [0.2, 0.25) is 0 Å². The van der Waals surface area contributed by atoms with Crippen LogP contribution in [-0.4, -0.2) is 10.8 Å². The van der Waals surface area contributed by atoms with Crippen LogP contribution in [0.5, 0.6) is 5.75 Å². The van der Waals surface area contributed by atoms with Gasteiger partial charge in [0.05, 0.1) is 11.8 Å². The number of phenolic OH excluding ortho intramolecular Hbond substituents is 1. The highest BCUT2D eigenvalue weighted by Crippen LogP contribution is 2.24. The topological polar surface area (TPSA) is 44.6 Å². The summed E-state index contributed by atoms with van der Waals surface area (Å²) < 4.78 is 0. The fourth-order valence-electron chi connectivity index (χ4n) is 2.15. The van der Waals surface area contributed by atoms with Crippen LogP contribution in [0.15, 0.2) is 59.7 Å². The fraction of sp³-hybridized carbons (Fsp3) is 0.133. The van der Waals surface area contributed by atoms with Crippen LogP contribution in [0, 0.1) is 0 Å². The van der Waals surface area contributed by atoms with E-state index in [1.54, 1.807) is 12.1 Å². The number of phenols is 1. The first-order chi connectivity index (χ1) is 8.83. The molecule has 2 aromatic carbocycles. The van der Waals surface area contributed by atoms with Crippen molar-refractivity contribution in [2.75, 3.05) is 0 Å².